The second-order valence-corrected chi connectivity index (χ2v) is 15.1. The second kappa shape index (κ2) is 9.00. The minimum atomic E-state index is -1.93. The number of furan rings is 1. The Balaban J connectivity index is 1.42. The average molecular weight is 500 g/mol. The van der Waals surface area contributed by atoms with Crippen LogP contribution in [0.15, 0.2) is 59.5 Å². The van der Waals surface area contributed by atoms with Gasteiger partial charge in [0, 0.05) is 35.2 Å². The lowest BCUT2D eigenvalue weighted by molar-refractivity contribution is 0.112. The Morgan fingerprint density at radius 3 is 2.61 bits per heavy atom. The third-order valence-corrected chi connectivity index (χ3v) is 11.1. The summed E-state index contributed by atoms with van der Waals surface area (Å²) in [6, 6.07) is 8.15. The molecule has 0 aliphatic heterocycles. The van der Waals surface area contributed by atoms with Gasteiger partial charge in [0.15, 0.2) is 23.5 Å². The molecule has 184 valence electrons. The molecule has 1 aliphatic rings. The summed E-state index contributed by atoms with van der Waals surface area (Å²) >= 11 is 0. The number of nitrogens with one attached hydrogen (secondary N) is 2. The summed E-state index contributed by atoms with van der Waals surface area (Å²) < 4.78 is 12.3. The molecular formula is C27H29N5O3Si. The highest BCUT2D eigenvalue weighted by atomic mass is 28.4. The lowest BCUT2D eigenvalue weighted by atomic mass is 10.1. The zero-order valence-electron chi connectivity index (χ0n) is 21.0. The maximum absolute atomic E-state index is 11.0. The Labute approximate surface area is 210 Å². The van der Waals surface area contributed by atoms with E-state index in [1.54, 1.807) is 12.4 Å². The maximum atomic E-state index is 11.0. The van der Waals surface area contributed by atoms with E-state index < -0.39 is 8.32 Å². The molecule has 0 spiro atoms. The van der Waals surface area contributed by atoms with E-state index in [2.05, 4.69) is 77.8 Å². The average Bonchev–Trinajstić information content (AvgIpc) is 3.43. The van der Waals surface area contributed by atoms with Crippen molar-refractivity contribution in [2.45, 2.75) is 45.3 Å². The number of carbonyl (C=O) groups is 1. The largest absolute Gasteiger partial charge is 0.449 e. The summed E-state index contributed by atoms with van der Waals surface area (Å²) in [6.45, 7) is 11.1. The van der Waals surface area contributed by atoms with E-state index in [4.69, 9.17) is 8.94 Å². The van der Waals surface area contributed by atoms with E-state index in [1.807, 2.05) is 12.1 Å². The van der Waals surface area contributed by atoms with Crippen LogP contribution >= 0.6 is 0 Å². The number of benzene rings is 1. The number of fused-ring (bicyclic) bond motifs is 2. The first-order valence-corrected chi connectivity index (χ1v) is 14.8. The summed E-state index contributed by atoms with van der Waals surface area (Å²) in [4.78, 5) is 23.8. The van der Waals surface area contributed by atoms with Gasteiger partial charge in [0.2, 0.25) is 8.32 Å². The van der Waals surface area contributed by atoms with Crippen molar-refractivity contribution >= 4 is 42.6 Å². The van der Waals surface area contributed by atoms with Crippen molar-refractivity contribution in [1.29, 1.82) is 0 Å². The third-order valence-electron chi connectivity index (χ3n) is 6.92. The number of aldehydes is 1. The number of rotatable bonds is 7. The van der Waals surface area contributed by atoms with Gasteiger partial charge in [0.1, 0.15) is 0 Å². The molecule has 4 aromatic rings. The van der Waals surface area contributed by atoms with Gasteiger partial charge in [0.05, 0.1) is 23.1 Å². The first kappa shape index (κ1) is 23.9. The Kier molecular flexibility index (Phi) is 5.97. The zero-order valence-corrected chi connectivity index (χ0v) is 22.0. The first-order chi connectivity index (χ1) is 17.2. The monoisotopic (exact) mass is 499 g/mol. The Hall–Kier alpha value is -3.82. The molecule has 1 aliphatic carbocycles. The number of nitrogens with zero attached hydrogens (tertiary/aromatic N) is 3. The summed E-state index contributed by atoms with van der Waals surface area (Å²) in [5.41, 5.74) is 9.27. The fraction of sp³-hybridized carbons (Fsp3) is 0.259. The minimum absolute atomic E-state index is 0.119. The molecule has 0 bridgehead atoms. The van der Waals surface area contributed by atoms with Gasteiger partial charge in [-0.25, -0.2) is 9.97 Å². The molecule has 5 rings (SSSR count). The van der Waals surface area contributed by atoms with E-state index in [-0.39, 0.29) is 5.04 Å². The fourth-order valence-corrected chi connectivity index (χ4v) is 4.42. The number of carbonyl (C=O) groups excluding carboxylic acids is 1. The van der Waals surface area contributed by atoms with Crippen LogP contribution in [0.1, 0.15) is 42.3 Å². The minimum Gasteiger partial charge on any atom is -0.449 e. The lowest BCUT2D eigenvalue weighted by Crippen LogP contribution is -2.44. The van der Waals surface area contributed by atoms with E-state index in [0.29, 0.717) is 29.0 Å². The van der Waals surface area contributed by atoms with Gasteiger partial charge >= 0.3 is 0 Å². The molecule has 8 nitrogen and oxygen atoms in total. The predicted molar refractivity (Wildman–Crippen MR) is 143 cm³/mol. The molecule has 9 heteroatoms. The molecule has 2 N–H and O–H groups in total. The zero-order chi connectivity index (χ0) is 25.5. The summed E-state index contributed by atoms with van der Waals surface area (Å²) in [5.74, 6) is 0.871. The molecular weight excluding hydrogens is 470 g/mol. The molecule has 0 atom stereocenters. The van der Waals surface area contributed by atoms with Gasteiger partial charge in [-0.3, -0.25) is 15.3 Å². The Bertz CT molecular complexity index is 1470. The van der Waals surface area contributed by atoms with Crippen LogP contribution in [-0.2, 0) is 10.9 Å². The van der Waals surface area contributed by atoms with E-state index in [0.717, 1.165) is 34.4 Å². The lowest BCUT2D eigenvalue weighted by Gasteiger charge is -2.35. The van der Waals surface area contributed by atoms with Crippen LogP contribution in [0.5, 0.6) is 0 Å². The number of anilines is 2. The van der Waals surface area contributed by atoms with Gasteiger partial charge in [-0.15, -0.1) is 0 Å². The van der Waals surface area contributed by atoms with Crippen LogP contribution in [0.3, 0.4) is 0 Å². The topological polar surface area (TPSA) is 102 Å². The van der Waals surface area contributed by atoms with Gasteiger partial charge < -0.3 is 14.3 Å². The molecule has 0 radical (unpaired) electrons. The number of aromatic nitrogens is 3. The highest BCUT2D eigenvalue weighted by Gasteiger charge is 2.38. The van der Waals surface area contributed by atoms with Crippen LogP contribution < -0.4 is 10.8 Å². The molecule has 0 amide bonds. The summed E-state index contributed by atoms with van der Waals surface area (Å²) in [5, 5.41) is 4.49. The number of hydrogen-bond acceptors (Lipinski definition) is 8. The number of allylic oxidation sites excluding steroid dienone is 1. The molecule has 0 fully saturated rings. The SMILES string of the molecule is CC(C)(C)[Si](C)(C)ONC1=CCc2cc(Nc3c(-c4ncc(C=O)cn4)oc4cnccc34)ccc21. The van der Waals surface area contributed by atoms with E-state index >= 15 is 0 Å². The third kappa shape index (κ3) is 4.43. The molecule has 3 aromatic heterocycles. The second-order valence-electron chi connectivity index (χ2n) is 10.4. The highest BCUT2D eigenvalue weighted by molar-refractivity contribution is 6.74. The molecule has 0 saturated carbocycles. The van der Waals surface area contributed by atoms with Crippen molar-refractivity contribution in [3.05, 3.63) is 71.8 Å². The standard InChI is InChI=1S/C27H29N5O3Si/c1-27(2,3)36(4,5)35-32-22-9-6-18-12-19(7-8-20(18)22)31-24-21-10-11-28-15-23(21)34-25(24)26-29-13-17(16-33)14-30-26/h7-16,31-32H,6H2,1-5H3. The van der Waals surface area contributed by atoms with Crippen LogP contribution in [0.4, 0.5) is 11.4 Å². The van der Waals surface area contributed by atoms with Crippen LogP contribution in [0.2, 0.25) is 18.1 Å². The molecule has 1 aromatic carbocycles. The van der Waals surface area contributed by atoms with Crippen molar-refractivity contribution < 1.29 is 13.7 Å². The predicted octanol–water partition coefficient (Wildman–Crippen LogP) is 6.26. The molecule has 3 heterocycles. The van der Waals surface area contributed by atoms with Crippen molar-refractivity contribution in [2.24, 2.45) is 0 Å². The Morgan fingerprint density at radius 1 is 1.11 bits per heavy atom. The highest BCUT2D eigenvalue weighted by Crippen LogP contribution is 2.40. The fourth-order valence-electron chi connectivity index (χ4n) is 3.75. The number of hydrogen-bond donors (Lipinski definition) is 2. The summed E-state index contributed by atoms with van der Waals surface area (Å²) in [7, 11) is -1.93. The van der Waals surface area contributed by atoms with Crippen molar-refractivity contribution in [2.75, 3.05) is 5.32 Å². The molecule has 36 heavy (non-hydrogen) atoms. The van der Waals surface area contributed by atoms with Crippen LogP contribution in [0, 0.1) is 0 Å². The normalized spacial score (nSPS) is 13.4. The summed E-state index contributed by atoms with van der Waals surface area (Å²) in [6.07, 6.45) is 10.0. The van der Waals surface area contributed by atoms with Crippen molar-refractivity contribution in [3.8, 4) is 11.6 Å². The van der Waals surface area contributed by atoms with Gasteiger partial charge in [0.25, 0.3) is 0 Å². The van der Waals surface area contributed by atoms with Crippen LogP contribution in [-0.4, -0.2) is 29.6 Å². The smallest absolute Gasteiger partial charge is 0.228 e. The quantitative estimate of drug-likeness (QED) is 0.174. The van der Waals surface area contributed by atoms with Crippen molar-refractivity contribution in [3.63, 3.8) is 0 Å². The van der Waals surface area contributed by atoms with Crippen molar-refractivity contribution in [1.82, 2.24) is 20.4 Å². The molecule has 0 saturated heterocycles. The van der Waals surface area contributed by atoms with Gasteiger partial charge in [-0.05, 0) is 48.3 Å². The van der Waals surface area contributed by atoms with Gasteiger partial charge in [-0.1, -0.05) is 32.9 Å². The van der Waals surface area contributed by atoms with Crippen LogP contribution in [0.25, 0.3) is 28.3 Å². The first-order valence-electron chi connectivity index (χ1n) is 11.8. The molecule has 0 unspecified atom stereocenters. The number of pyridine rings is 1. The van der Waals surface area contributed by atoms with E-state index in [9.17, 15) is 4.79 Å². The Morgan fingerprint density at radius 2 is 1.89 bits per heavy atom. The van der Waals surface area contributed by atoms with E-state index in [1.165, 1.54) is 18.0 Å². The number of hydroxylamine groups is 1. The van der Waals surface area contributed by atoms with Gasteiger partial charge in [-0.2, -0.15) is 0 Å². The maximum Gasteiger partial charge on any atom is 0.228 e.